The maximum Gasteiger partial charge on any atom is 0.191 e. The topological polar surface area (TPSA) is 67.1 Å². The van der Waals surface area contributed by atoms with Crippen LogP contribution in [0.1, 0.15) is 28.9 Å². The molecule has 23 heavy (non-hydrogen) atoms. The minimum atomic E-state index is 0. The van der Waals surface area contributed by atoms with E-state index in [1.165, 1.54) is 4.88 Å². The van der Waals surface area contributed by atoms with Crippen molar-refractivity contribution in [2.75, 3.05) is 13.1 Å². The van der Waals surface area contributed by atoms with Gasteiger partial charge in [-0.2, -0.15) is 0 Å². The predicted molar refractivity (Wildman–Crippen MR) is 107 cm³/mol. The maximum atomic E-state index is 4.60. The number of hydrogen-bond acceptors (Lipinski definition) is 4. The first-order valence-corrected chi connectivity index (χ1v) is 8.41. The molecular weight excluding hydrogens is 423 g/mol. The molecule has 0 amide bonds. The highest BCUT2D eigenvalue weighted by Crippen LogP contribution is 2.16. The third-order valence-corrected chi connectivity index (χ3v) is 4.29. The summed E-state index contributed by atoms with van der Waals surface area (Å²) in [4.78, 5) is 14.4. The van der Waals surface area contributed by atoms with Crippen LogP contribution in [-0.2, 0) is 13.1 Å². The third kappa shape index (κ3) is 6.86. The number of nitrogens with one attached hydrogen (secondary N) is 2. The first-order valence-electron chi connectivity index (χ1n) is 7.60. The fraction of sp³-hybridized carbons (Fsp3) is 0.533. The SMILES string of the molecule is CCNC(=NCc1nc(C)c(C)s1)NCCCn1ccnc1.I. The molecule has 0 aromatic carbocycles. The summed E-state index contributed by atoms with van der Waals surface area (Å²) < 4.78 is 2.08. The molecule has 2 aromatic heterocycles. The molecule has 2 N–H and O–H groups in total. The number of imidazole rings is 1. The second-order valence-corrected chi connectivity index (χ2v) is 6.31. The maximum absolute atomic E-state index is 4.60. The number of aryl methyl sites for hydroxylation is 3. The van der Waals surface area contributed by atoms with Gasteiger partial charge in [0.25, 0.3) is 0 Å². The second-order valence-electron chi connectivity index (χ2n) is 5.03. The number of thiazole rings is 1. The van der Waals surface area contributed by atoms with Crippen LogP contribution in [0.5, 0.6) is 0 Å². The quantitative estimate of drug-likeness (QED) is 0.296. The molecular formula is C15H25IN6S. The molecule has 0 atom stereocenters. The number of rotatable bonds is 7. The highest BCUT2D eigenvalue weighted by Gasteiger charge is 2.03. The Morgan fingerprint density at radius 2 is 2.17 bits per heavy atom. The Balaban J connectivity index is 0.00000264. The van der Waals surface area contributed by atoms with Crippen LogP contribution in [0.15, 0.2) is 23.7 Å². The lowest BCUT2D eigenvalue weighted by Gasteiger charge is -2.11. The average molecular weight is 448 g/mol. The molecule has 2 rings (SSSR count). The standard InChI is InChI=1S/C15H24N6S.HI/c1-4-17-15(18-6-5-8-21-9-7-16-11-21)19-10-14-20-12(2)13(3)22-14;/h7,9,11H,4-6,8,10H2,1-3H3,(H2,17,18,19);1H. The Labute approximate surface area is 158 Å². The Hall–Kier alpha value is -1.16. The molecule has 0 aliphatic carbocycles. The summed E-state index contributed by atoms with van der Waals surface area (Å²) in [5.74, 6) is 0.846. The van der Waals surface area contributed by atoms with Crippen molar-refractivity contribution in [2.24, 2.45) is 4.99 Å². The van der Waals surface area contributed by atoms with E-state index >= 15 is 0 Å². The van der Waals surface area contributed by atoms with Gasteiger partial charge in [0.15, 0.2) is 5.96 Å². The van der Waals surface area contributed by atoms with Gasteiger partial charge in [0.1, 0.15) is 5.01 Å². The van der Waals surface area contributed by atoms with Crippen LogP contribution in [0.4, 0.5) is 0 Å². The van der Waals surface area contributed by atoms with Crippen LogP contribution in [0.2, 0.25) is 0 Å². The van der Waals surface area contributed by atoms with E-state index in [0.717, 1.165) is 42.7 Å². The van der Waals surface area contributed by atoms with Gasteiger partial charge in [-0.15, -0.1) is 35.3 Å². The van der Waals surface area contributed by atoms with Crippen LogP contribution in [0.25, 0.3) is 0 Å². The molecule has 6 nitrogen and oxygen atoms in total. The molecule has 8 heteroatoms. The van der Waals surface area contributed by atoms with Crippen molar-refractivity contribution in [3.8, 4) is 0 Å². The van der Waals surface area contributed by atoms with E-state index < -0.39 is 0 Å². The van der Waals surface area contributed by atoms with E-state index in [-0.39, 0.29) is 24.0 Å². The first-order chi connectivity index (χ1) is 10.7. The number of aliphatic imine (C=N–C) groups is 1. The van der Waals surface area contributed by atoms with Gasteiger partial charge in [-0.05, 0) is 27.2 Å². The lowest BCUT2D eigenvalue weighted by Crippen LogP contribution is -2.38. The molecule has 0 bridgehead atoms. The van der Waals surface area contributed by atoms with Gasteiger partial charge < -0.3 is 15.2 Å². The van der Waals surface area contributed by atoms with Gasteiger partial charge in [0.05, 0.1) is 18.6 Å². The van der Waals surface area contributed by atoms with Crippen LogP contribution in [-0.4, -0.2) is 33.6 Å². The van der Waals surface area contributed by atoms with Crippen molar-refractivity contribution in [2.45, 2.75) is 40.3 Å². The zero-order valence-electron chi connectivity index (χ0n) is 13.9. The number of nitrogens with zero attached hydrogens (tertiary/aromatic N) is 4. The van der Waals surface area contributed by atoms with Gasteiger partial charge in [0.2, 0.25) is 0 Å². The van der Waals surface area contributed by atoms with E-state index in [0.29, 0.717) is 6.54 Å². The largest absolute Gasteiger partial charge is 0.357 e. The van der Waals surface area contributed by atoms with Crippen molar-refractivity contribution < 1.29 is 0 Å². The molecule has 0 aliphatic rings. The van der Waals surface area contributed by atoms with Gasteiger partial charge in [0, 0.05) is 36.9 Å². The summed E-state index contributed by atoms with van der Waals surface area (Å²) in [6, 6.07) is 0. The fourth-order valence-electron chi connectivity index (χ4n) is 1.98. The van der Waals surface area contributed by atoms with Gasteiger partial charge in [-0.1, -0.05) is 0 Å². The van der Waals surface area contributed by atoms with Crippen molar-refractivity contribution in [1.82, 2.24) is 25.2 Å². The molecule has 0 saturated heterocycles. The predicted octanol–water partition coefficient (Wildman–Crippen LogP) is 2.72. The number of guanidine groups is 1. The molecule has 0 aliphatic heterocycles. The molecule has 2 heterocycles. The van der Waals surface area contributed by atoms with Gasteiger partial charge in [-0.3, -0.25) is 0 Å². The Morgan fingerprint density at radius 1 is 1.35 bits per heavy atom. The Kier molecular flexibility index (Phi) is 9.15. The van der Waals surface area contributed by atoms with E-state index in [2.05, 4.69) is 44.0 Å². The Morgan fingerprint density at radius 3 is 2.78 bits per heavy atom. The van der Waals surface area contributed by atoms with Crippen LogP contribution >= 0.6 is 35.3 Å². The number of aromatic nitrogens is 3. The van der Waals surface area contributed by atoms with Gasteiger partial charge >= 0.3 is 0 Å². The summed E-state index contributed by atoms with van der Waals surface area (Å²) in [6.45, 7) is 9.51. The summed E-state index contributed by atoms with van der Waals surface area (Å²) >= 11 is 1.72. The lowest BCUT2D eigenvalue weighted by atomic mass is 10.4. The van der Waals surface area contributed by atoms with E-state index in [9.17, 15) is 0 Å². The highest BCUT2D eigenvalue weighted by molar-refractivity contribution is 14.0. The number of halogens is 1. The van der Waals surface area contributed by atoms with E-state index in [4.69, 9.17) is 0 Å². The molecule has 0 saturated carbocycles. The molecule has 0 fully saturated rings. The zero-order chi connectivity index (χ0) is 15.8. The summed E-state index contributed by atoms with van der Waals surface area (Å²) in [5.41, 5.74) is 1.11. The zero-order valence-corrected chi connectivity index (χ0v) is 17.0. The normalized spacial score (nSPS) is 11.2. The molecule has 2 aromatic rings. The van der Waals surface area contributed by atoms with Crippen LogP contribution < -0.4 is 10.6 Å². The minimum Gasteiger partial charge on any atom is -0.357 e. The van der Waals surface area contributed by atoms with Crippen molar-refractivity contribution in [3.05, 3.63) is 34.3 Å². The smallest absolute Gasteiger partial charge is 0.191 e. The first kappa shape index (κ1) is 19.9. The molecule has 0 radical (unpaired) electrons. The number of hydrogen-bond donors (Lipinski definition) is 2. The van der Waals surface area contributed by atoms with E-state index in [1.54, 1.807) is 17.5 Å². The fourth-order valence-corrected chi connectivity index (χ4v) is 2.84. The van der Waals surface area contributed by atoms with Crippen molar-refractivity contribution in [3.63, 3.8) is 0 Å². The average Bonchev–Trinajstić information content (AvgIpc) is 3.11. The van der Waals surface area contributed by atoms with E-state index in [1.807, 2.05) is 19.4 Å². The van der Waals surface area contributed by atoms with Crippen LogP contribution in [0, 0.1) is 13.8 Å². The monoisotopic (exact) mass is 448 g/mol. The van der Waals surface area contributed by atoms with Gasteiger partial charge in [-0.25, -0.2) is 15.0 Å². The molecule has 0 unspecified atom stereocenters. The molecule has 128 valence electrons. The summed E-state index contributed by atoms with van der Waals surface area (Å²) in [5, 5.41) is 7.68. The lowest BCUT2D eigenvalue weighted by molar-refractivity contribution is 0.624. The second kappa shape index (κ2) is 10.6. The molecule has 0 spiro atoms. The third-order valence-electron chi connectivity index (χ3n) is 3.23. The Bertz CT molecular complexity index is 574. The van der Waals surface area contributed by atoms with Crippen LogP contribution in [0.3, 0.4) is 0 Å². The minimum absolute atomic E-state index is 0. The van der Waals surface area contributed by atoms with Crippen molar-refractivity contribution >= 4 is 41.3 Å². The summed E-state index contributed by atoms with van der Waals surface area (Å²) in [6.07, 6.45) is 6.64. The highest BCUT2D eigenvalue weighted by atomic mass is 127. The summed E-state index contributed by atoms with van der Waals surface area (Å²) in [7, 11) is 0. The van der Waals surface area contributed by atoms with Crippen molar-refractivity contribution in [1.29, 1.82) is 0 Å².